The number of nitrogens with one attached hydrogen (secondary N) is 1. The van der Waals surface area contributed by atoms with Crippen molar-refractivity contribution in [2.75, 3.05) is 13.6 Å². The van der Waals surface area contributed by atoms with Gasteiger partial charge in [0.2, 0.25) is 5.91 Å². The first-order chi connectivity index (χ1) is 5.07. The lowest BCUT2D eigenvalue weighted by molar-refractivity contribution is -0.119. The lowest BCUT2D eigenvalue weighted by Crippen LogP contribution is -2.25. The lowest BCUT2D eigenvalue weighted by Gasteiger charge is -2.17. The van der Waals surface area contributed by atoms with Gasteiger partial charge in [0.1, 0.15) is 0 Å². The maximum atomic E-state index is 10.5. The van der Waals surface area contributed by atoms with Crippen LogP contribution in [0.15, 0.2) is 0 Å². The Balaban J connectivity index is 3.63. The molecule has 0 aliphatic carbocycles. The van der Waals surface area contributed by atoms with Crippen molar-refractivity contribution < 1.29 is 4.79 Å². The topological polar surface area (TPSA) is 55.1 Å². The molecule has 2 atom stereocenters. The van der Waals surface area contributed by atoms with Gasteiger partial charge in [0.15, 0.2) is 0 Å². The van der Waals surface area contributed by atoms with E-state index in [0.717, 1.165) is 6.54 Å². The van der Waals surface area contributed by atoms with Gasteiger partial charge in [0, 0.05) is 6.42 Å². The molecule has 0 saturated carbocycles. The minimum absolute atomic E-state index is 0.208. The molecular weight excluding hydrogens is 140 g/mol. The second-order valence-electron chi connectivity index (χ2n) is 3.18. The minimum atomic E-state index is -0.208. The maximum absolute atomic E-state index is 10.5. The molecule has 0 aromatic carbocycles. The van der Waals surface area contributed by atoms with E-state index in [1.54, 1.807) is 0 Å². The van der Waals surface area contributed by atoms with Crippen molar-refractivity contribution in [2.45, 2.75) is 20.3 Å². The molecule has 0 bridgehead atoms. The highest BCUT2D eigenvalue weighted by atomic mass is 16.1. The molecule has 0 rings (SSSR count). The molecule has 0 spiro atoms. The Morgan fingerprint density at radius 2 is 2.00 bits per heavy atom. The zero-order valence-corrected chi connectivity index (χ0v) is 7.55. The van der Waals surface area contributed by atoms with Crippen LogP contribution < -0.4 is 11.1 Å². The minimum Gasteiger partial charge on any atom is -0.370 e. The number of nitrogens with two attached hydrogens (primary N) is 1. The van der Waals surface area contributed by atoms with Crippen LogP contribution in [-0.4, -0.2) is 19.5 Å². The van der Waals surface area contributed by atoms with Gasteiger partial charge in [0.25, 0.3) is 0 Å². The predicted octanol–water partition coefficient (Wildman–Crippen LogP) is 0.353. The molecular formula is C8H18N2O. The van der Waals surface area contributed by atoms with E-state index in [9.17, 15) is 4.79 Å². The lowest BCUT2D eigenvalue weighted by atomic mass is 9.93. The fourth-order valence-corrected chi connectivity index (χ4v) is 1.04. The molecule has 3 nitrogen and oxygen atoms in total. The third-order valence-corrected chi connectivity index (χ3v) is 2.02. The zero-order valence-electron chi connectivity index (χ0n) is 7.55. The molecule has 0 aliphatic heterocycles. The summed E-state index contributed by atoms with van der Waals surface area (Å²) in [6, 6.07) is 0. The van der Waals surface area contributed by atoms with Crippen LogP contribution in [0.25, 0.3) is 0 Å². The van der Waals surface area contributed by atoms with Crippen LogP contribution in [0.1, 0.15) is 20.3 Å². The fourth-order valence-electron chi connectivity index (χ4n) is 1.04. The second kappa shape index (κ2) is 5.13. The first-order valence-corrected chi connectivity index (χ1v) is 4.00. The van der Waals surface area contributed by atoms with Crippen LogP contribution in [0.3, 0.4) is 0 Å². The smallest absolute Gasteiger partial charge is 0.217 e. The number of rotatable bonds is 5. The molecule has 0 aromatic rings. The third kappa shape index (κ3) is 4.79. The van der Waals surface area contributed by atoms with E-state index in [1.807, 2.05) is 14.0 Å². The molecule has 0 aliphatic rings. The normalized spacial score (nSPS) is 15.9. The SMILES string of the molecule is CNCC(C)C(C)CC(N)=O. The monoisotopic (exact) mass is 158 g/mol. The number of carbonyl (C=O) groups excluding carboxylic acids is 1. The van der Waals surface area contributed by atoms with E-state index in [0.29, 0.717) is 18.3 Å². The maximum Gasteiger partial charge on any atom is 0.217 e. The van der Waals surface area contributed by atoms with Gasteiger partial charge < -0.3 is 11.1 Å². The van der Waals surface area contributed by atoms with Gasteiger partial charge in [-0.25, -0.2) is 0 Å². The summed E-state index contributed by atoms with van der Waals surface area (Å²) < 4.78 is 0. The highest BCUT2D eigenvalue weighted by Gasteiger charge is 2.13. The fraction of sp³-hybridized carbons (Fsp3) is 0.875. The van der Waals surface area contributed by atoms with E-state index in [2.05, 4.69) is 12.2 Å². The molecule has 0 fully saturated rings. The van der Waals surface area contributed by atoms with Gasteiger partial charge in [-0.15, -0.1) is 0 Å². The van der Waals surface area contributed by atoms with Crippen molar-refractivity contribution in [1.29, 1.82) is 0 Å². The summed E-state index contributed by atoms with van der Waals surface area (Å²) in [4.78, 5) is 10.5. The molecule has 3 N–H and O–H groups in total. The second-order valence-corrected chi connectivity index (χ2v) is 3.18. The molecule has 66 valence electrons. The Labute approximate surface area is 68.3 Å². The highest BCUT2D eigenvalue weighted by Crippen LogP contribution is 2.12. The van der Waals surface area contributed by atoms with Crippen LogP contribution in [0.5, 0.6) is 0 Å². The summed E-state index contributed by atoms with van der Waals surface area (Å²) in [5, 5.41) is 3.07. The average Bonchev–Trinajstić information content (AvgIpc) is 1.86. The Morgan fingerprint density at radius 3 is 2.36 bits per heavy atom. The van der Waals surface area contributed by atoms with Crippen LogP contribution in [0, 0.1) is 11.8 Å². The number of hydrogen-bond donors (Lipinski definition) is 2. The Bertz CT molecular complexity index is 125. The Kier molecular flexibility index (Phi) is 4.86. The molecule has 0 radical (unpaired) electrons. The molecule has 0 heterocycles. The first-order valence-electron chi connectivity index (χ1n) is 4.00. The van der Waals surface area contributed by atoms with Crippen molar-refractivity contribution in [3.05, 3.63) is 0 Å². The Morgan fingerprint density at radius 1 is 1.45 bits per heavy atom. The van der Waals surface area contributed by atoms with E-state index >= 15 is 0 Å². The van der Waals surface area contributed by atoms with Crippen LogP contribution >= 0.6 is 0 Å². The number of amides is 1. The number of primary amides is 1. The van der Waals surface area contributed by atoms with E-state index < -0.39 is 0 Å². The first kappa shape index (κ1) is 10.4. The molecule has 0 aromatic heterocycles. The summed E-state index contributed by atoms with van der Waals surface area (Å²) in [6.45, 7) is 5.10. The average molecular weight is 158 g/mol. The van der Waals surface area contributed by atoms with Crippen LogP contribution in [0.4, 0.5) is 0 Å². The van der Waals surface area contributed by atoms with Crippen LogP contribution in [0.2, 0.25) is 0 Å². The van der Waals surface area contributed by atoms with E-state index in [-0.39, 0.29) is 5.91 Å². The third-order valence-electron chi connectivity index (χ3n) is 2.02. The molecule has 2 unspecified atom stereocenters. The summed E-state index contributed by atoms with van der Waals surface area (Å²) >= 11 is 0. The van der Waals surface area contributed by atoms with Gasteiger partial charge in [0.05, 0.1) is 0 Å². The van der Waals surface area contributed by atoms with Gasteiger partial charge in [-0.2, -0.15) is 0 Å². The van der Waals surface area contributed by atoms with Crippen molar-refractivity contribution in [3.8, 4) is 0 Å². The standard InChI is InChI=1S/C8H18N2O/c1-6(4-8(9)11)7(2)5-10-3/h6-7,10H,4-5H2,1-3H3,(H2,9,11). The largest absolute Gasteiger partial charge is 0.370 e. The molecule has 1 amide bonds. The van der Waals surface area contributed by atoms with Crippen LogP contribution in [-0.2, 0) is 4.79 Å². The van der Waals surface area contributed by atoms with E-state index in [4.69, 9.17) is 5.73 Å². The predicted molar refractivity (Wildman–Crippen MR) is 46.1 cm³/mol. The summed E-state index contributed by atoms with van der Waals surface area (Å²) in [6.07, 6.45) is 0.489. The summed E-state index contributed by atoms with van der Waals surface area (Å²) in [5.74, 6) is 0.674. The molecule has 11 heavy (non-hydrogen) atoms. The van der Waals surface area contributed by atoms with Crippen molar-refractivity contribution in [1.82, 2.24) is 5.32 Å². The van der Waals surface area contributed by atoms with Crippen molar-refractivity contribution in [2.24, 2.45) is 17.6 Å². The van der Waals surface area contributed by atoms with Gasteiger partial charge in [-0.1, -0.05) is 13.8 Å². The van der Waals surface area contributed by atoms with Gasteiger partial charge >= 0.3 is 0 Å². The molecule has 0 saturated heterocycles. The summed E-state index contributed by atoms with van der Waals surface area (Å²) in [7, 11) is 1.91. The highest BCUT2D eigenvalue weighted by molar-refractivity contribution is 5.73. The number of hydrogen-bond acceptors (Lipinski definition) is 2. The summed E-state index contributed by atoms with van der Waals surface area (Å²) in [5.41, 5.74) is 5.07. The van der Waals surface area contributed by atoms with E-state index in [1.165, 1.54) is 0 Å². The number of carbonyl (C=O) groups is 1. The van der Waals surface area contributed by atoms with Crippen molar-refractivity contribution in [3.63, 3.8) is 0 Å². The quantitative estimate of drug-likeness (QED) is 0.606. The zero-order chi connectivity index (χ0) is 8.85. The Hall–Kier alpha value is -0.570. The van der Waals surface area contributed by atoms with Gasteiger partial charge in [-0.3, -0.25) is 4.79 Å². The van der Waals surface area contributed by atoms with Gasteiger partial charge in [-0.05, 0) is 25.4 Å². The van der Waals surface area contributed by atoms with Crippen molar-refractivity contribution >= 4 is 5.91 Å². The molecule has 3 heteroatoms.